The molecule has 3 rings (SSSR count). The summed E-state index contributed by atoms with van der Waals surface area (Å²) in [7, 11) is 3.12. The first-order chi connectivity index (χ1) is 14.3. The van der Waals surface area contributed by atoms with Crippen LogP contribution in [0.15, 0.2) is 42.5 Å². The van der Waals surface area contributed by atoms with E-state index in [1.807, 2.05) is 0 Å². The maximum atomic E-state index is 12.9. The summed E-state index contributed by atoms with van der Waals surface area (Å²) in [6, 6.07) is 10.7. The van der Waals surface area contributed by atoms with Crippen molar-refractivity contribution in [3.63, 3.8) is 0 Å². The van der Waals surface area contributed by atoms with E-state index in [4.69, 9.17) is 9.47 Å². The molecule has 0 N–H and O–H groups in total. The highest BCUT2D eigenvalue weighted by Crippen LogP contribution is 2.30. The Morgan fingerprint density at radius 2 is 1.73 bits per heavy atom. The zero-order valence-corrected chi connectivity index (χ0v) is 17.0. The maximum absolute atomic E-state index is 12.9. The summed E-state index contributed by atoms with van der Waals surface area (Å²) >= 11 is 0. The zero-order valence-electron chi connectivity index (χ0n) is 17.0. The molecule has 5 nitrogen and oxygen atoms in total. The predicted octanol–water partition coefficient (Wildman–Crippen LogP) is 3.61. The molecule has 1 saturated heterocycles. The molecule has 1 aliphatic rings. The molecule has 0 radical (unpaired) electrons. The quantitative estimate of drug-likeness (QED) is 0.713. The van der Waals surface area contributed by atoms with Crippen LogP contribution in [0.1, 0.15) is 16.7 Å². The van der Waals surface area contributed by atoms with E-state index in [0.29, 0.717) is 49.8 Å². The fourth-order valence-electron chi connectivity index (χ4n) is 3.55. The van der Waals surface area contributed by atoms with Gasteiger partial charge in [0.25, 0.3) is 0 Å². The molecule has 0 unspecified atom stereocenters. The highest BCUT2D eigenvalue weighted by molar-refractivity contribution is 5.79. The van der Waals surface area contributed by atoms with E-state index in [0.717, 1.165) is 11.6 Å². The van der Waals surface area contributed by atoms with Crippen LogP contribution in [0, 0.1) is 0 Å². The van der Waals surface area contributed by atoms with E-state index in [1.54, 1.807) is 43.4 Å². The van der Waals surface area contributed by atoms with Gasteiger partial charge in [-0.2, -0.15) is 13.2 Å². The Bertz CT molecular complexity index is 878. The summed E-state index contributed by atoms with van der Waals surface area (Å²) in [5, 5.41) is 0. The van der Waals surface area contributed by atoms with Crippen LogP contribution in [-0.4, -0.2) is 56.1 Å². The number of piperazine rings is 1. The number of methoxy groups -OCH3 is 2. The van der Waals surface area contributed by atoms with Gasteiger partial charge in [-0.25, -0.2) is 0 Å². The standard InChI is InChI=1S/C22H25F3N2O3/c1-29-19-6-7-20(30-2)17(13-19)14-21(28)27-10-8-26(9-11-27)15-16-4-3-5-18(12-16)22(23,24)25/h3-7,12-13H,8-11,14-15H2,1-2H3. The molecule has 1 fully saturated rings. The van der Waals surface area contributed by atoms with Crippen molar-refractivity contribution in [3.05, 3.63) is 59.2 Å². The Labute approximate surface area is 174 Å². The highest BCUT2D eigenvalue weighted by atomic mass is 19.4. The Morgan fingerprint density at radius 3 is 2.37 bits per heavy atom. The van der Waals surface area contributed by atoms with E-state index in [2.05, 4.69) is 4.90 Å². The second-order valence-corrected chi connectivity index (χ2v) is 7.21. The van der Waals surface area contributed by atoms with Crippen molar-refractivity contribution in [1.29, 1.82) is 0 Å². The van der Waals surface area contributed by atoms with E-state index in [1.165, 1.54) is 12.1 Å². The Kier molecular flexibility index (Phi) is 6.87. The number of carbonyl (C=O) groups is 1. The van der Waals surface area contributed by atoms with Crippen LogP contribution in [0.5, 0.6) is 11.5 Å². The minimum Gasteiger partial charge on any atom is -0.497 e. The van der Waals surface area contributed by atoms with E-state index in [-0.39, 0.29) is 12.3 Å². The van der Waals surface area contributed by atoms with Crippen LogP contribution in [0.3, 0.4) is 0 Å². The fourth-order valence-corrected chi connectivity index (χ4v) is 3.55. The molecule has 1 heterocycles. The molecule has 0 saturated carbocycles. The number of benzene rings is 2. The van der Waals surface area contributed by atoms with Crippen molar-refractivity contribution in [2.75, 3.05) is 40.4 Å². The third-order valence-electron chi connectivity index (χ3n) is 5.21. The first-order valence-electron chi connectivity index (χ1n) is 9.67. The van der Waals surface area contributed by atoms with Crippen molar-refractivity contribution in [2.45, 2.75) is 19.1 Å². The molecule has 2 aromatic rings. The lowest BCUT2D eigenvalue weighted by molar-refractivity contribution is -0.137. The number of alkyl halides is 3. The Morgan fingerprint density at radius 1 is 1.00 bits per heavy atom. The molecule has 1 aliphatic heterocycles. The highest BCUT2D eigenvalue weighted by Gasteiger charge is 2.30. The number of rotatable bonds is 6. The van der Waals surface area contributed by atoms with Gasteiger partial charge in [0, 0.05) is 38.3 Å². The van der Waals surface area contributed by atoms with Crippen LogP contribution >= 0.6 is 0 Å². The SMILES string of the molecule is COc1ccc(OC)c(CC(=O)N2CCN(Cc3cccc(C(F)(F)F)c3)CC2)c1. The van der Waals surface area contributed by atoms with E-state index in [9.17, 15) is 18.0 Å². The molecular formula is C22H25F3N2O3. The molecule has 30 heavy (non-hydrogen) atoms. The van der Waals surface area contributed by atoms with E-state index < -0.39 is 11.7 Å². The molecule has 8 heteroatoms. The second-order valence-electron chi connectivity index (χ2n) is 7.21. The van der Waals surface area contributed by atoms with Gasteiger partial charge in [0.15, 0.2) is 0 Å². The number of ether oxygens (including phenoxy) is 2. The first kappa shape index (κ1) is 22.0. The van der Waals surface area contributed by atoms with Gasteiger partial charge in [-0.05, 0) is 29.8 Å². The van der Waals surface area contributed by atoms with Gasteiger partial charge in [0.1, 0.15) is 11.5 Å². The van der Waals surface area contributed by atoms with Crippen LogP contribution in [0.25, 0.3) is 0 Å². The van der Waals surface area contributed by atoms with Crippen molar-refractivity contribution in [3.8, 4) is 11.5 Å². The number of hydrogen-bond acceptors (Lipinski definition) is 4. The van der Waals surface area contributed by atoms with Crippen molar-refractivity contribution in [1.82, 2.24) is 9.80 Å². The third-order valence-corrected chi connectivity index (χ3v) is 5.21. The summed E-state index contributed by atoms with van der Waals surface area (Å²) < 4.78 is 49.2. The molecule has 2 aromatic carbocycles. The molecule has 0 spiro atoms. The summed E-state index contributed by atoms with van der Waals surface area (Å²) in [5.74, 6) is 1.28. The van der Waals surface area contributed by atoms with Crippen molar-refractivity contribution in [2.24, 2.45) is 0 Å². The lowest BCUT2D eigenvalue weighted by Gasteiger charge is -2.35. The van der Waals surface area contributed by atoms with Crippen LogP contribution < -0.4 is 9.47 Å². The monoisotopic (exact) mass is 422 g/mol. The molecule has 1 amide bonds. The van der Waals surface area contributed by atoms with Gasteiger partial charge in [-0.3, -0.25) is 9.69 Å². The third kappa shape index (κ3) is 5.44. The average Bonchev–Trinajstić information content (AvgIpc) is 2.73. The number of amides is 1. The van der Waals surface area contributed by atoms with Crippen LogP contribution in [0.4, 0.5) is 13.2 Å². The molecule has 0 bridgehead atoms. The van der Waals surface area contributed by atoms with Crippen molar-refractivity contribution >= 4 is 5.91 Å². The maximum Gasteiger partial charge on any atom is 0.416 e. The summed E-state index contributed by atoms with van der Waals surface area (Å²) in [4.78, 5) is 16.6. The summed E-state index contributed by atoms with van der Waals surface area (Å²) in [6.07, 6.45) is -4.14. The Hall–Kier alpha value is -2.74. The topological polar surface area (TPSA) is 42.0 Å². The summed E-state index contributed by atoms with van der Waals surface area (Å²) in [6.45, 7) is 2.71. The molecule has 0 atom stereocenters. The average molecular weight is 422 g/mol. The second kappa shape index (κ2) is 9.38. The van der Waals surface area contributed by atoms with Crippen molar-refractivity contribution < 1.29 is 27.4 Å². The zero-order chi connectivity index (χ0) is 21.7. The lowest BCUT2D eigenvalue weighted by atomic mass is 10.1. The lowest BCUT2D eigenvalue weighted by Crippen LogP contribution is -2.48. The summed E-state index contributed by atoms with van der Waals surface area (Å²) in [5.41, 5.74) is 0.736. The number of nitrogens with zero attached hydrogens (tertiary/aromatic N) is 2. The first-order valence-corrected chi connectivity index (χ1v) is 9.67. The number of carbonyl (C=O) groups excluding carboxylic acids is 1. The van der Waals surface area contributed by atoms with Crippen LogP contribution in [0.2, 0.25) is 0 Å². The fraction of sp³-hybridized carbons (Fsp3) is 0.409. The number of halogens is 3. The van der Waals surface area contributed by atoms with Crippen LogP contribution in [-0.2, 0) is 23.9 Å². The predicted molar refractivity (Wildman–Crippen MR) is 107 cm³/mol. The van der Waals surface area contributed by atoms with Gasteiger partial charge < -0.3 is 14.4 Å². The normalized spacial score (nSPS) is 15.2. The van der Waals surface area contributed by atoms with Gasteiger partial charge >= 0.3 is 6.18 Å². The molecule has 0 aliphatic carbocycles. The van der Waals surface area contributed by atoms with Gasteiger partial charge in [0.2, 0.25) is 5.91 Å². The Balaban J connectivity index is 1.56. The van der Waals surface area contributed by atoms with Gasteiger partial charge in [-0.15, -0.1) is 0 Å². The molecule has 0 aromatic heterocycles. The van der Waals surface area contributed by atoms with Gasteiger partial charge in [0.05, 0.1) is 26.2 Å². The van der Waals surface area contributed by atoms with Gasteiger partial charge in [-0.1, -0.05) is 18.2 Å². The molecular weight excluding hydrogens is 397 g/mol. The smallest absolute Gasteiger partial charge is 0.416 e. The minimum absolute atomic E-state index is 0.0136. The van der Waals surface area contributed by atoms with E-state index >= 15 is 0 Å². The molecule has 162 valence electrons. The minimum atomic E-state index is -4.34. The largest absolute Gasteiger partial charge is 0.497 e. The number of hydrogen-bond donors (Lipinski definition) is 0.